The van der Waals surface area contributed by atoms with E-state index in [1.807, 2.05) is 0 Å². The minimum atomic E-state index is -0.422. The average Bonchev–Trinajstić information content (AvgIpc) is 2.80. The number of hydrogen-bond donors (Lipinski definition) is 1. The van der Waals surface area contributed by atoms with E-state index < -0.39 is 5.97 Å². The number of ether oxygens (including phenoxy) is 1. The number of nitrogens with zero attached hydrogens (tertiary/aromatic N) is 4. The SMILES string of the molecule is CCOC(=O)c1cnn(-c2ncc(N)cn2)c1. The molecule has 2 heterocycles. The lowest BCUT2D eigenvalue weighted by molar-refractivity contribution is 0.0526. The monoisotopic (exact) mass is 233 g/mol. The molecule has 0 saturated carbocycles. The van der Waals surface area contributed by atoms with Crippen LogP contribution in [0.5, 0.6) is 0 Å². The molecule has 7 heteroatoms. The second-order valence-corrected chi connectivity index (χ2v) is 3.21. The number of rotatable bonds is 3. The molecule has 88 valence electrons. The van der Waals surface area contributed by atoms with E-state index in [0.29, 0.717) is 23.8 Å². The Bertz CT molecular complexity index is 520. The molecule has 0 unspecified atom stereocenters. The van der Waals surface area contributed by atoms with Crippen LogP contribution in [0.25, 0.3) is 5.95 Å². The van der Waals surface area contributed by atoms with E-state index in [1.54, 1.807) is 6.92 Å². The van der Waals surface area contributed by atoms with Crippen LogP contribution in [0.2, 0.25) is 0 Å². The Morgan fingerprint density at radius 1 is 1.41 bits per heavy atom. The van der Waals surface area contributed by atoms with Crippen molar-refractivity contribution in [2.45, 2.75) is 6.92 Å². The van der Waals surface area contributed by atoms with E-state index in [-0.39, 0.29) is 0 Å². The van der Waals surface area contributed by atoms with Gasteiger partial charge in [0, 0.05) is 6.20 Å². The summed E-state index contributed by atoms with van der Waals surface area (Å²) in [6.07, 6.45) is 5.84. The van der Waals surface area contributed by atoms with E-state index in [0.717, 1.165) is 0 Å². The summed E-state index contributed by atoms with van der Waals surface area (Å²) in [7, 11) is 0. The minimum absolute atomic E-state index is 0.322. The Hall–Kier alpha value is -2.44. The molecule has 0 saturated heterocycles. The molecule has 7 nitrogen and oxygen atoms in total. The Morgan fingerprint density at radius 2 is 2.12 bits per heavy atom. The van der Waals surface area contributed by atoms with Gasteiger partial charge >= 0.3 is 5.97 Å². The van der Waals surface area contributed by atoms with Crippen LogP contribution in [0.3, 0.4) is 0 Å². The zero-order chi connectivity index (χ0) is 12.3. The maximum atomic E-state index is 11.4. The molecular formula is C10H11N5O2. The highest BCUT2D eigenvalue weighted by atomic mass is 16.5. The minimum Gasteiger partial charge on any atom is -0.462 e. The molecule has 0 bridgehead atoms. The lowest BCUT2D eigenvalue weighted by Crippen LogP contribution is -2.04. The first-order chi connectivity index (χ1) is 8.20. The molecular weight excluding hydrogens is 222 g/mol. The van der Waals surface area contributed by atoms with E-state index in [2.05, 4.69) is 15.1 Å². The maximum Gasteiger partial charge on any atom is 0.341 e. The van der Waals surface area contributed by atoms with E-state index in [1.165, 1.54) is 29.5 Å². The summed E-state index contributed by atoms with van der Waals surface area (Å²) in [5, 5.41) is 3.97. The van der Waals surface area contributed by atoms with Crippen LogP contribution in [0.4, 0.5) is 5.69 Å². The van der Waals surface area contributed by atoms with Crippen molar-refractivity contribution in [2.75, 3.05) is 12.3 Å². The summed E-state index contributed by atoms with van der Waals surface area (Å²) >= 11 is 0. The Balaban J connectivity index is 2.23. The zero-order valence-corrected chi connectivity index (χ0v) is 9.20. The third kappa shape index (κ3) is 2.39. The van der Waals surface area contributed by atoms with Crippen LogP contribution < -0.4 is 5.73 Å². The van der Waals surface area contributed by atoms with Gasteiger partial charge in [0.2, 0.25) is 0 Å². The molecule has 0 spiro atoms. The number of nitrogen functional groups attached to an aromatic ring is 1. The van der Waals surface area contributed by atoms with E-state index >= 15 is 0 Å². The maximum absolute atomic E-state index is 11.4. The summed E-state index contributed by atoms with van der Waals surface area (Å²) in [6.45, 7) is 2.06. The molecule has 2 aromatic rings. The van der Waals surface area contributed by atoms with Gasteiger partial charge in [-0.2, -0.15) is 5.10 Å². The second-order valence-electron chi connectivity index (χ2n) is 3.21. The first-order valence-electron chi connectivity index (χ1n) is 5.00. The van der Waals surface area contributed by atoms with Gasteiger partial charge in [0.05, 0.1) is 36.4 Å². The molecule has 0 amide bonds. The van der Waals surface area contributed by atoms with Crippen molar-refractivity contribution < 1.29 is 9.53 Å². The molecule has 2 N–H and O–H groups in total. The lowest BCUT2D eigenvalue weighted by atomic mass is 10.4. The second kappa shape index (κ2) is 4.60. The standard InChI is InChI=1S/C10H11N5O2/c1-2-17-9(16)7-3-14-15(6-7)10-12-4-8(11)5-13-10/h3-6H,2,11H2,1H3. The number of carbonyl (C=O) groups is 1. The molecule has 2 aromatic heterocycles. The normalized spacial score (nSPS) is 10.2. The van der Waals surface area contributed by atoms with Gasteiger partial charge < -0.3 is 10.5 Å². The van der Waals surface area contributed by atoms with E-state index in [9.17, 15) is 4.79 Å². The summed E-state index contributed by atoms with van der Waals surface area (Å²) in [5.74, 6) is -0.0797. The van der Waals surface area contributed by atoms with Crippen LogP contribution in [-0.4, -0.2) is 32.3 Å². The van der Waals surface area contributed by atoms with Crippen molar-refractivity contribution in [3.05, 3.63) is 30.4 Å². The van der Waals surface area contributed by atoms with Crippen molar-refractivity contribution in [2.24, 2.45) is 0 Å². The van der Waals surface area contributed by atoms with E-state index in [4.69, 9.17) is 10.5 Å². The smallest absolute Gasteiger partial charge is 0.341 e. The molecule has 2 rings (SSSR count). The number of esters is 1. The van der Waals surface area contributed by atoms with Crippen molar-refractivity contribution in [3.8, 4) is 5.95 Å². The molecule has 0 fully saturated rings. The summed E-state index contributed by atoms with van der Waals surface area (Å²) < 4.78 is 6.22. The van der Waals surface area contributed by atoms with Crippen LogP contribution in [0, 0.1) is 0 Å². The number of nitrogens with two attached hydrogens (primary N) is 1. The number of anilines is 1. The van der Waals surface area contributed by atoms with Crippen molar-refractivity contribution in [1.29, 1.82) is 0 Å². The fourth-order valence-corrected chi connectivity index (χ4v) is 1.20. The first-order valence-corrected chi connectivity index (χ1v) is 5.00. The van der Waals surface area contributed by atoms with Crippen LogP contribution in [0.1, 0.15) is 17.3 Å². The lowest BCUT2D eigenvalue weighted by Gasteiger charge is -1.98. The Kier molecular flexibility index (Phi) is 2.99. The van der Waals surface area contributed by atoms with Gasteiger partial charge in [-0.25, -0.2) is 19.4 Å². The van der Waals surface area contributed by atoms with Crippen LogP contribution >= 0.6 is 0 Å². The van der Waals surface area contributed by atoms with Gasteiger partial charge in [0.25, 0.3) is 5.95 Å². The van der Waals surface area contributed by atoms with Gasteiger partial charge in [0.15, 0.2) is 0 Å². The summed E-state index contributed by atoms with van der Waals surface area (Å²) in [4.78, 5) is 19.4. The average molecular weight is 233 g/mol. The van der Waals surface area contributed by atoms with Gasteiger partial charge in [-0.1, -0.05) is 0 Å². The highest BCUT2D eigenvalue weighted by molar-refractivity contribution is 5.88. The third-order valence-corrected chi connectivity index (χ3v) is 1.96. The number of hydrogen-bond acceptors (Lipinski definition) is 6. The quantitative estimate of drug-likeness (QED) is 0.772. The molecule has 0 aromatic carbocycles. The topological polar surface area (TPSA) is 95.9 Å². The zero-order valence-electron chi connectivity index (χ0n) is 9.20. The van der Waals surface area contributed by atoms with Crippen molar-refractivity contribution in [3.63, 3.8) is 0 Å². The fourth-order valence-electron chi connectivity index (χ4n) is 1.20. The first kappa shape index (κ1) is 11.1. The van der Waals surface area contributed by atoms with Crippen LogP contribution in [0.15, 0.2) is 24.8 Å². The predicted octanol–water partition coefficient (Wildman–Crippen LogP) is 0.421. The molecule has 0 atom stereocenters. The van der Waals surface area contributed by atoms with Crippen molar-refractivity contribution in [1.82, 2.24) is 19.7 Å². The molecule has 0 radical (unpaired) electrons. The number of carbonyl (C=O) groups excluding carboxylic acids is 1. The molecule has 0 aliphatic carbocycles. The third-order valence-electron chi connectivity index (χ3n) is 1.96. The van der Waals surface area contributed by atoms with Gasteiger partial charge in [0.1, 0.15) is 0 Å². The van der Waals surface area contributed by atoms with Gasteiger partial charge in [-0.05, 0) is 6.92 Å². The molecule has 0 aliphatic rings. The Labute approximate surface area is 97.2 Å². The predicted molar refractivity (Wildman–Crippen MR) is 59.5 cm³/mol. The highest BCUT2D eigenvalue weighted by Crippen LogP contribution is 2.05. The summed E-state index contributed by atoms with van der Waals surface area (Å²) in [5.41, 5.74) is 6.29. The largest absolute Gasteiger partial charge is 0.462 e. The molecule has 17 heavy (non-hydrogen) atoms. The van der Waals surface area contributed by atoms with Gasteiger partial charge in [-0.15, -0.1) is 0 Å². The van der Waals surface area contributed by atoms with Crippen LogP contribution in [-0.2, 0) is 4.74 Å². The summed E-state index contributed by atoms with van der Waals surface area (Å²) in [6, 6.07) is 0. The Morgan fingerprint density at radius 3 is 2.76 bits per heavy atom. The highest BCUT2D eigenvalue weighted by Gasteiger charge is 2.10. The van der Waals surface area contributed by atoms with Gasteiger partial charge in [-0.3, -0.25) is 0 Å². The fraction of sp³-hybridized carbons (Fsp3) is 0.200. The number of aromatic nitrogens is 4. The van der Waals surface area contributed by atoms with Crippen molar-refractivity contribution >= 4 is 11.7 Å². The molecule has 0 aliphatic heterocycles.